The smallest absolute Gasteiger partial charge is 0.295 e. The summed E-state index contributed by atoms with van der Waals surface area (Å²) in [6.07, 6.45) is 0. The van der Waals surface area contributed by atoms with Crippen molar-refractivity contribution < 1.29 is 13.9 Å². The fourth-order valence-electron chi connectivity index (χ4n) is 1.44. The molecular weight excluding hydrogens is 278 g/mol. The van der Waals surface area contributed by atoms with Crippen molar-refractivity contribution in [1.29, 1.82) is 0 Å². The highest BCUT2D eigenvalue weighted by Gasteiger charge is 2.31. The molecule has 1 aromatic rings. The highest BCUT2D eigenvalue weighted by Crippen LogP contribution is 2.35. The first-order valence-electron chi connectivity index (χ1n) is 4.97. The van der Waals surface area contributed by atoms with Gasteiger partial charge in [0.05, 0.1) is 0 Å². The molecule has 0 fully saturated rings. The van der Waals surface area contributed by atoms with Crippen LogP contribution in [0.4, 0.5) is 8.78 Å². The van der Waals surface area contributed by atoms with Gasteiger partial charge >= 0.3 is 0 Å². The molecule has 1 N–H and O–H groups in total. The normalized spacial score (nSPS) is 12.9. The summed E-state index contributed by atoms with van der Waals surface area (Å²) in [6.45, 7) is 4.86. The molecular formula is C12H15BrF2O. The molecule has 90 valence electrons. The lowest BCUT2D eigenvalue weighted by atomic mass is 9.86. The zero-order valence-corrected chi connectivity index (χ0v) is 11.1. The van der Waals surface area contributed by atoms with Crippen LogP contribution in [-0.4, -0.2) is 11.7 Å². The molecule has 0 aliphatic rings. The number of benzene rings is 1. The summed E-state index contributed by atoms with van der Waals surface area (Å²) in [5.74, 6) is -3.18. The third-order valence-electron chi connectivity index (χ3n) is 2.40. The first-order chi connectivity index (χ1) is 7.18. The molecule has 0 radical (unpaired) electrons. The van der Waals surface area contributed by atoms with E-state index in [9.17, 15) is 8.78 Å². The van der Waals surface area contributed by atoms with E-state index in [1.807, 2.05) is 20.8 Å². The van der Waals surface area contributed by atoms with E-state index in [2.05, 4.69) is 15.9 Å². The number of hydrogen-bond donors (Lipinski definition) is 1. The summed E-state index contributed by atoms with van der Waals surface area (Å²) in [6, 6.07) is 4.40. The average Bonchev–Trinajstić information content (AvgIpc) is 2.15. The SMILES string of the molecule is CC(C)(C)c1ccc(C(F)(F)CO)cc1Br. The summed E-state index contributed by atoms with van der Waals surface area (Å²) in [7, 11) is 0. The minimum atomic E-state index is -3.18. The van der Waals surface area contributed by atoms with Crippen molar-refractivity contribution >= 4 is 15.9 Å². The molecule has 0 bridgehead atoms. The van der Waals surface area contributed by atoms with E-state index in [1.165, 1.54) is 12.1 Å². The van der Waals surface area contributed by atoms with Crippen LogP contribution in [0.2, 0.25) is 0 Å². The Kier molecular flexibility index (Phi) is 3.75. The minimum Gasteiger partial charge on any atom is -0.390 e. The van der Waals surface area contributed by atoms with E-state index < -0.39 is 12.5 Å². The highest BCUT2D eigenvalue weighted by atomic mass is 79.9. The number of hydrogen-bond acceptors (Lipinski definition) is 1. The van der Waals surface area contributed by atoms with Crippen LogP contribution >= 0.6 is 15.9 Å². The van der Waals surface area contributed by atoms with Crippen LogP contribution < -0.4 is 0 Å². The molecule has 0 atom stereocenters. The molecule has 1 aromatic carbocycles. The molecule has 0 spiro atoms. The average molecular weight is 293 g/mol. The zero-order chi connectivity index (χ0) is 12.6. The van der Waals surface area contributed by atoms with Crippen molar-refractivity contribution in [2.75, 3.05) is 6.61 Å². The van der Waals surface area contributed by atoms with Crippen LogP contribution in [0.3, 0.4) is 0 Å². The van der Waals surface area contributed by atoms with E-state index in [0.717, 1.165) is 5.56 Å². The molecule has 0 saturated carbocycles. The monoisotopic (exact) mass is 292 g/mol. The lowest BCUT2D eigenvalue weighted by Crippen LogP contribution is -2.19. The van der Waals surface area contributed by atoms with E-state index in [4.69, 9.17) is 5.11 Å². The number of aliphatic hydroxyl groups is 1. The summed E-state index contributed by atoms with van der Waals surface area (Å²) in [5.41, 5.74) is 0.686. The molecule has 0 heterocycles. The van der Waals surface area contributed by atoms with Crippen molar-refractivity contribution in [1.82, 2.24) is 0 Å². The Bertz CT molecular complexity index is 383. The van der Waals surface area contributed by atoms with Gasteiger partial charge in [-0.25, -0.2) is 0 Å². The van der Waals surface area contributed by atoms with Crippen LogP contribution in [0.15, 0.2) is 22.7 Å². The predicted octanol–water partition coefficient (Wildman–Crippen LogP) is 3.83. The fourth-order valence-corrected chi connectivity index (χ4v) is 2.42. The summed E-state index contributed by atoms with van der Waals surface area (Å²) >= 11 is 3.29. The van der Waals surface area contributed by atoms with Gasteiger partial charge in [0.2, 0.25) is 0 Å². The van der Waals surface area contributed by atoms with Gasteiger partial charge in [0.15, 0.2) is 0 Å². The Morgan fingerprint density at radius 2 is 1.81 bits per heavy atom. The van der Waals surface area contributed by atoms with Crippen molar-refractivity contribution in [3.63, 3.8) is 0 Å². The third-order valence-corrected chi connectivity index (χ3v) is 3.05. The maximum atomic E-state index is 13.2. The van der Waals surface area contributed by atoms with Crippen LogP contribution in [0.1, 0.15) is 31.9 Å². The largest absolute Gasteiger partial charge is 0.390 e. The van der Waals surface area contributed by atoms with Gasteiger partial charge in [-0.05, 0) is 17.0 Å². The molecule has 1 nitrogen and oxygen atoms in total. The number of halogens is 3. The van der Waals surface area contributed by atoms with Gasteiger partial charge in [-0.2, -0.15) is 8.78 Å². The van der Waals surface area contributed by atoms with Crippen LogP contribution in [0, 0.1) is 0 Å². The number of rotatable bonds is 2. The van der Waals surface area contributed by atoms with Gasteiger partial charge in [0.1, 0.15) is 6.61 Å². The molecule has 0 aliphatic carbocycles. The second-order valence-corrected chi connectivity index (χ2v) is 5.66. The topological polar surface area (TPSA) is 20.2 Å². The lowest BCUT2D eigenvalue weighted by molar-refractivity contribution is -0.0556. The van der Waals surface area contributed by atoms with Gasteiger partial charge in [-0.3, -0.25) is 0 Å². The predicted molar refractivity (Wildman–Crippen MR) is 63.8 cm³/mol. The maximum absolute atomic E-state index is 13.2. The number of aliphatic hydroxyl groups excluding tert-OH is 1. The highest BCUT2D eigenvalue weighted by molar-refractivity contribution is 9.10. The van der Waals surface area contributed by atoms with Gasteiger partial charge in [-0.1, -0.05) is 48.8 Å². The van der Waals surface area contributed by atoms with Crippen molar-refractivity contribution in [3.05, 3.63) is 33.8 Å². The molecule has 0 amide bonds. The van der Waals surface area contributed by atoms with Gasteiger partial charge in [0.25, 0.3) is 5.92 Å². The number of alkyl halides is 2. The standard InChI is InChI=1S/C12H15BrF2O/c1-11(2,3)9-5-4-8(6-10(9)13)12(14,15)7-16/h4-6,16H,7H2,1-3H3. The first-order valence-corrected chi connectivity index (χ1v) is 5.77. The van der Waals surface area contributed by atoms with Gasteiger partial charge < -0.3 is 5.11 Å². The van der Waals surface area contributed by atoms with Crippen LogP contribution in [0.5, 0.6) is 0 Å². The molecule has 0 aromatic heterocycles. The Balaban J connectivity index is 3.20. The van der Waals surface area contributed by atoms with E-state index in [0.29, 0.717) is 4.47 Å². The van der Waals surface area contributed by atoms with Crippen molar-refractivity contribution in [2.45, 2.75) is 32.1 Å². The Labute approximate surface area is 103 Å². The lowest BCUT2D eigenvalue weighted by Gasteiger charge is -2.22. The molecule has 4 heteroatoms. The van der Waals surface area contributed by atoms with Crippen molar-refractivity contribution in [2.24, 2.45) is 0 Å². The summed E-state index contributed by atoms with van der Waals surface area (Å²) in [5, 5.41) is 8.60. The van der Waals surface area contributed by atoms with Gasteiger partial charge in [-0.15, -0.1) is 0 Å². The molecule has 0 aliphatic heterocycles. The summed E-state index contributed by atoms with van der Waals surface area (Å²) in [4.78, 5) is 0. The Morgan fingerprint density at radius 1 is 1.25 bits per heavy atom. The Morgan fingerprint density at radius 3 is 2.19 bits per heavy atom. The van der Waals surface area contributed by atoms with E-state index in [-0.39, 0.29) is 11.0 Å². The molecule has 0 saturated heterocycles. The van der Waals surface area contributed by atoms with Crippen LogP contribution in [0.25, 0.3) is 0 Å². The summed E-state index contributed by atoms with van der Waals surface area (Å²) < 4.78 is 27.1. The molecule has 1 rings (SSSR count). The molecule has 0 unspecified atom stereocenters. The molecule has 16 heavy (non-hydrogen) atoms. The van der Waals surface area contributed by atoms with E-state index >= 15 is 0 Å². The van der Waals surface area contributed by atoms with Crippen LogP contribution in [-0.2, 0) is 11.3 Å². The first kappa shape index (κ1) is 13.6. The second kappa shape index (κ2) is 4.41. The third kappa shape index (κ3) is 2.80. The Hall–Kier alpha value is -0.480. The van der Waals surface area contributed by atoms with Crippen molar-refractivity contribution in [3.8, 4) is 0 Å². The van der Waals surface area contributed by atoms with Gasteiger partial charge in [0, 0.05) is 10.0 Å². The second-order valence-electron chi connectivity index (χ2n) is 4.81. The van der Waals surface area contributed by atoms with E-state index in [1.54, 1.807) is 6.07 Å². The fraction of sp³-hybridized carbons (Fsp3) is 0.500. The minimum absolute atomic E-state index is 0.105. The maximum Gasteiger partial charge on any atom is 0.295 e. The quantitative estimate of drug-likeness (QED) is 0.878. The zero-order valence-electron chi connectivity index (χ0n) is 9.52.